The highest BCUT2D eigenvalue weighted by molar-refractivity contribution is 5.95. The lowest BCUT2D eigenvalue weighted by Crippen LogP contribution is -2.00. The van der Waals surface area contributed by atoms with Crippen LogP contribution in [0.1, 0.15) is 111 Å². The Bertz CT molecular complexity index is 1030. The molecular weight excluding hydrogens is 374 g/mol. The molecule has 1 heterocycles. The van der Waals surface area contributed by atoms with Gasteiger partial charge in [-0.1, -0.05) is 62.8 Å². The highest BCUT2D eigenvalue weighted by atomic mass is 14.7. The van der Waals surface area contributed by atoms with Crippen LogP contribution in [0, 0.1) is 0 Å². The van der Waals surface area contributed by atoms with E-state index in [1.54, 1.807) is 11.1 Å². The zero-order valence-corrected chi connectivity index (χ0v) is 18.8. The van der Waals surface area contributed by atoms with Crippen LogP contribution in [-0.4, -0.2) is 4.98 Å². The molecule has 0 N–H and O–H groups in total. The van der Waals surface area contributed by atoms with Crippen LogP contribution in [0.2, 0.25) is 0 Å². The number of aromatic nitrogens is 1. The predicted molar refractivity (Wildman–Crippen MR) is 131 cm³/mol. The van der Waals surface area contributed by atoms with Crippen LogP contribution >= 0.6 is 0 Å². The molecule has 1 heteroatoms. The van der Waals surface area contributed by atoms with Crippen LogP contribution < -0.4 is 0 Å². The first-order valence-electron chi connectivity index (χ1n) is 12.9. The van der Waals surface area contributed by atoms with E-state index in [2.05, 4.69) is 42.5 Å². The van der Waals surface area contributed by atoms with Gasteiger partial charge in [0.05, 0.1) is 5.69 Å². The molecule has 31 heavy (non-hydrogen) atoms. The first kappa shape index (κ1) is 19.5. The number of hydrogen-bond acceptors (Lipinski definition) is 1. The molecule has 0 radical (unpaired) electrons. The number of benzene rings is 2. The maximum absolute atomic E-state index is 4.94. The maximum atomic E-state index is 4.94. The van der Waals surface area contributed by atoms with Crippen LogP contribution in [0.4, 0.5) is 0 Å². The summed E-state index contributed by atoms with van der Waals surface area (Å²) in [5, 5.41) is 2.69. The van der Waals surface area contributed by atoms with Crippen molar-refractivity contribution in [2.24, 2.45) is 0 Å². The fraction of sp³-hybridized carbons (Fsp3) is 0.500. The van der Waals surface area contributed by atoms with Gasteiger partial charge in [-0.2, -0.15) is 0 Å². The molecule has 2 aromatic carbocycles. The van der Waals surface area contributed by atoms with Crippen molar-refractivity contribution in [1.82, 2.24) is 4.98 Å². The van der Waals surface area contributed by atoms with Gasteiger partial charge in [-0.05, 0) is 96.6 Å². The van der Waals surface area contributed by atoms with Gasteiger partial charge in [0.2, 0.25) is 0 Å². The van der Waals surface area contributed by atoms with E-state index in [1.165, 1.54) is 105 Å². The molecule has 3 aromatic rings. The van der Waals surface area contributed by atoms with Gasteiger partial charge in [-0.3, -0.25) is 4.98 Å². The third-order valence-electron chi connectivity index (χ3n) is 8.52. The van der Waals surface area contributed by atoms with Crippen molar-refractivity contribution in [3.63, 3.8) is 0 Å². The number of fused-ring (bicyclic) bond motifs is 1. The van der Waals surface area contributed by atoms with E-state index in [0.717, 1.165) is 17.8 Å². The summed E-state index contributed by atoms with van der Waals surface area (Å²) >= 11 is 0. The molecule has 3 aliphatic carbocycles. The fourth-order valence-corrected chi connectivity index (χ4v) is 6.74. The lowest BCUT2D eigenvalue weighted by atomic mass is 9.87. The van der Waals surface area contributed by atoms with E-state index in [0.29, 0.717) is 0 Å². The number of pyridine rings is 1. The zero-order chi connectivity index (χ0) is 20.6. The molecule has 0 bridgehead atoms. The van der Waals surface area contributed by atoms with Crippen molar-refractivity contribution in [2.45, 2.75) is 94.8 Å². The van der Waals surface area contributed by atoms with Crippen LogP contribution in [0.15, 0.2) is 48.7 Å². The smallest absolute Gasteiger partial charge is 0.0780 e. The molecule has 0 atom stereocenters. The topological polar surface area (TPSA) is 12.9 Å². The summed E-state index contributed by atoms with van der Waals surface area (Å²) in [6.45, 7) is 0. The van der Waals surface area contributed by atoms with E-state index in [1.807, 2.05) is 6.20 Å². The third-order valence-corrected chi connectivity index (χ3v) is 8.52. The fourth-order valence-electron chi connectivity index (χ4n) is 6.74. The molecule has 1 nitrogen and oxygen atoms in total. The average molecular weight is 410 g/mol. The SMILES string of the molecule is c1cc2cc(C3CCCC3)ccc2c(-c2cc(C3CCCC3)cc(C3CCCC3)c2)n1. The van der Waals surface area contributed by atoms with Gasteiger partial charge < -0.3 is 0 Å². The second-order valence-electron chi connectivity index (χ2n) is 10.5. The van der Waals surface area contributed by atoms with Gasteiger partial charge in [0, 0.05) is 17.1 Å². The summed E-state index contributed by atoms with van der Waals surface area (Å²) < 4.78 is 0. The Morgan fingerprint density at radius 2 is 1.10 bits per heavy atom. The second-order valence-corrected chi connectivity index (χ2v) is 10.5. The number of nitrogens with zero attached hydrogens (tertiary/aromatic N) is 1. The van der Waals surface area contributed by atoms with Crippen LogP contribution in [0.25, 0.3) is 22.0 Å². The maximum Gasteiger partial charge on any atom is 0.0780 e. The molecule has 0 saturated heterocycles. The van der Waals surface area contributed by atoms with Gasteiger partial charge >= 0.3 is 0 Å². The first-order valence-corrected chi connectivity index (χ1v) is 12.9. The van der Waals surface area contributed by atoms with Crippen molar-refractivity contribution < 1.29 is 0 Å². The van der Waals surface area contributed by atoms with Crippen LogP contribution in [0.5, 0.6) is 0 Å². The Morgan fingerprint density at radius 1 is 0.548 bits per heavy atom. The van der Waals surface area contributed by atoms with E-state index < -0.39 is 0 Å². The van der Waals surface area contributed by atoms with Crippen molar-refractivity contribution in [3.05, 3.63) is 65.4 Å². The Labute approximate surface area is 187 Å². The zero-order valence-electron chi connectivity index (χ0n) is 18.8. The van der Waals surface area contributed by atoms with E-state index >= 15 is 0 Å². The van der Waals surface area contributed by atoms with Crippen LogP contribution in [0.3, 0.4) is 0 Å². The highest BCUT2D eigenvalue weighted by Gasteiger charge is 2.23. The molecule has 1 aromatic heterocycles. The summed E-state index contributed by atoms with van der Waals surface area (Å²) in [6.07, 6.45) is 18.6. The minimum Gasteiger partial charge on any atom is -0.256 e. The van der Waals surface area contributed by atoms with Crippen molar-refractivity contribution in [2.75, 3.05) is 0 Å². The summed E-state index contributed by atoms with van der Waals surface area (Å²) in [5.41, 5.74) is 7.24. The minimum atomic E-state index is 0.754. The minimum absolute atomic E-state index is 0.754. The first-order chi connectivity index (χ1) is 15.3. The summed E-state index contributed by atoms with van der Waals surface area (Å²) in [7, 11) is 0. The molecule has 3 saturated carbocycles. The van der Waals surface area contributed by atoms with Crippen molar-refractivity contribution >= 4 is 10.8 Å². The van der Waals surface area contributed by atoms with Crippen molar-refractivity contribution in [1.29, 1.82) is 0 Å². The molecule has 0 amide bonds. The summed E-state index contributed by atoms with van der Waals surface area (Å²) in [4.78, 5) is 4.94. The van der Waals surface area contributed by atoms with Gasteiger partial charge in [0.15, 0.2) is 0 Å². The van der Waals surface area contributed by atoms with E-state index in [9.17, 15) is 0 Å². The standard InChI is InChI=1S/C30H35N/c1-2-8-21(7-1)24-13-14-29-25(17-24)15-16-31-30(29)28-19-26(22-9-3-4-10-22)18-27(20-28)23-11-5-6-12-23/h13-23H,1-12H2. The molecule has 0 unspecified atom stereocenters. The molecular formula is C30H35N. The van der Waals surface area contributed by atoms with Gasteiger partial charge in [-0.25, -0.2) is 0 Å². The Hall–Kier alpha value is -2.15. The quantitative estimate of drug-likeness (QED) is 0.419. The molecule has 6 rings (SSSR count). The number of hydrogen-bond donors (Lipinski definition) is 0. The lowest BCUT2D eigenvalue weighted by Gasteiger charge is -2.18. The monoisotopic (exact) mass is 409 g/mol. The lowest BCUT2D eigenvalue weighted by molar-refractivity contribution is 0.701. The second kappa shape index (κ2) is 8.41. The summed E-state index contributed by atoms with van der Waals surface area (Å²) in [5.74, 6) is 2.27. The molecule has 3 fully saturated rings. The molecule has 3 aliphatic rings. The van der Waals surface area contributed by atoms with E-state index in [4.69, 9.17) is 4.98 Å². The number of rotatable bonds is 4. The highest BCUT2D eigenvalue weighted by Crippen LogP contribution is 2.42. The average Bonchev–Trinajstić information content (AvgIpc) is 3.60. The van der Waals surface area contributed by atoms with Gasteiger partial charge in [-0.15, -0.1) is 0 Å². The third kappa shape index (κ3) is 3.81. The molecule has 160 valence electrons. The van der Waals surface area contributed by atoms with E-state index in [-0.39, 0.29) is 0 Å². The Balaban J connectivity index is 1.44. The molecule has 0 spiro atoms. The normalized spacial score (nSPS) is 20.9. The van der Waals surface area contributed by atoms with Crippen molar-refractivity contribution in [3.8, 4) is 11.3 Å². The summed E-state index contributed by atoms with van der Waals surface area (Å²) in [6, 6.07) is 17.0. The van der Waals surface area contributed by atoms with Crippen LogP contribution in [-0.2, 0) is 0 Å². The molecule has 0 aliphatic heterocycles. The van der Waals surface area contributed by atoms with Gasteiger partial charge in [0.25, 0.3) is 0 Å². The largest absolute Gasteiger partial charge is 0.256 e. The van der Waals surface area contributed by atoms with Gasteiger partial charge in [0.1, 0.15) is 0 Å². The predicted octanol–water partition coefficient (Wildman–Crippen LogP) is 8.87. The Morgan fingerprint density at radius 3 is 1.68 bits per heavy atom. The Kier molecular flexibility index (Phi) is 5.30.